The molecule has 1 aromatic carbocycles. The fraction of sp³-hybridized carbons (Fsp3) is 0.286. The number of hydrogen-bond donors (Lipinski definition) is 0. The lowest BCUT2D eigenvalue weighted by atomic mass is 10.0. The first-order valence-electron chi connectivity index (χ1n) is 5.64. The number of ether oxygens (including phenoxy) is 1. The Balaban J connectivity index is 1.97. The number of benzene rings is 1. The van der Waals surface area contributed by atoms with Gasteiger partial charge in [0, 0.05) is 6.42 Å². The minimum atomic E-state index is -4.27. The Bertz CT molecular complexity index is 469. The molecule has 0 aliphatic heterocycles. The first kappa shape index (κ1) is 12.7. The Morgan fingerprint density at radius 3 is 2.33 bits per heavy atom. The monoisotopic (exact) mass is 254 g/mol. The summed E-state index contributed by atoms with van der Waals surface area (Å²) in [4.78, 5) is 0. The van der Waals surface area contributed by atoms with Crippen molar-refractivity contribution in [2.75, 3.05) is 0 Å². The second-order valence-electron chi connectivity index (χ2n) is 4.22. The van der Waals surface area contributed by atoms with Crippen LogP contribution < -0.4 is 4.74 Å². The van der Waals surface area contributed by atoms with Gasteiger partial charge in [-0.15, -0.1) is 0 Å². The first-order valence-corrected chi connectivity index (χ1v) is 5.64. The highest BCUT2D eigenvalue weighted by Crippen LogP contribution is 2.30. The van der Waals surface area contributed by atoms with E-state index in [4.69, 9.17) is 4.74 Å². The van der Waals surface area contributed by atoms with Gasteiger partial charge < -0.3 is 4.74 Å². The molecule has 0 aromatic heterocycles. The number of hydrogen-bond acceptors (Lipinski definition) is 1. The predicted molar refractivity (Wildman–Crippen MR) is 63.5 cm³/mol. The molecule has 0 N–H and O–H groups in total. The fourth-order valence-electron chi connectivity index (χ4n) is 1.69. The van der Waals surface area contributed by atoms with Crippen LogP contribution in [0.2, 0.25) is 0 Å². The molecular weight excluding hydrogens is 241 g/mol. The molecule has 0 spiro atoms. The smallest absolute Gasteiger partial charge is 0.416 e. The van der Waals surface area contributed by atoms with Gasteiger partial charge in [0.05, 0.1) is 5.57 Å². The zero-order chi connectivity index (χ0) is 13.2. The van der Waals surface area contributed by atoms with Crippen LogP contribution in [0.1, 0.15) is 12.0 Å². The van der Waals surface area contributed by atoms with Crippen molar-refractivity contribution in [1.29, 1.82) is 0 Å². The number of aryl methyl sites for hydroxylation is 1. The van der Waals surface area contributed by atoms with Crippen LogP contribution in [0.3, 0.4) is 0 Å². The minimum Gasteiger partial charge on any atom is -0.486 e. The molecule has 0 fully saturated rings. The molecule has 0 saturated heterocycles. The lowest BCUT2D eigenvalue weighted by Crippen LogP contribution is -2.19. The normalized spacial score (nSPS) is 19.6. The Labute approximate surface area is 104 Å². The Kier molecular flexibility index (Phi) is 3.45. The average Bonchev–Trinajstić information content (AvgIpc) is 2.32. The van der Waals surface area contributed by atoms with Gasteiger partial charge in [-0.05, 0) is 25.1 Å². The quantitative estimate of drug-likeness (QED) is 0.768. The second-order valence-corrected chi connectivity index (χ2v) is 4.22. The molecule has 0 bridgehead atoms. The van der Waals surface area contributed by atoms with Gasteiger partial charge in [-0.3, -0.25) is 0 Å². The summed E-state index contributed by atoms with van der Waals surface area (Å²) in [5.74, 6) is 0.666. The molecule has 1 aromatic rings. The van der Waals surface area contributed by atoms with Crippen molar-refractivity contribution in [3.05, 3.63) is 53.6 Å². The van der Waals surface area contributed by atoms with Crippen LogP contribution in [-0.4, -0.2) is 12.3 Å². The van der Waals surface area contributed by atoms with E-state index in [1.54, 1.807) is 0 Å². The zero-order valence-electron chi connectivity index (χ0n) is 9.87. The van der Waals surface area contributed by atoms with Gasteiger partial charge in [-0.1, -0.05) is 29.8 Å². The van der Waals surface area contributed by atoms with Crippen LogP contribution >= 0.6 is 0 Å². The van der Waals surface area contributed by atoms with E-state index in [-0.39, 0.29) is 12.5 Å². The molecule has 1 atom stereocenters. The molecule has 1 unspecified atom stereocenters. The van der Waals surface area contributed by atoms with E-state index in [2.05, 4.69) is 0 Å². The van der Waals surface area contributed by atoms with Crippen molar-refractivity contribution in [1.82, 2.24) is 0 Å². The fourth-order valence-corrected chi connectivity index (χ4v) is 1.69. The average molecular weight is 254 g/mol. The van der Waals surface area contributed by atoms with E-state index in [9.17, 15) is 13.2 Å². The van der Waals surface area contributed by atoms with Crippen LogP contribution in [0.5, 0.6) is 5.75 Å². The first-order chi connectivity index (χ1) is 8.45. The summed E-state index contributed by atoms with van der Waals surface area (Å²) in [6, 6.07) is 7.43. The molecule has 0 amide bonds. The largest absolute Gasteiger partial charge is 0.486 e. The van der Waals surface area contributed by atoms with E-state index in [1.807, 2.05) is 31.2 Å². The zero-order valence-corrected chi connectivity index (χ0v) is 9.87. The highest BCUT2D eigenvalue weighted by molar-refractivity contribution is 5.31. The topological polar surface area (TPSA) is 9.23 Å². The van der Waals surface area contributed by atoms with Crippen LogP contribution in [0.25, 0.3) is 0 Å². The van der Waals surface area contributed by atoms with Crippen molar-refractivity contribution in [2.45, 2.75) is 25.6 Å². The number of allylic oxidation sites excluding steroid dienone is 2. The summed E-state index contributed by atoms with van der Waals surface area (Å²) in [6.45, 7) is 1.96. The van der Waals surface area contributed by atoms with Crippen LogP contribution in [0, 0.1) is 6.92 Å². The standard InChI is InChI=1S/C14H13F3O/c1-10-2-6-12(7-3-10)18-13-8-4-11(5-9-13)14(15,16)17/h2-8,13H,9H2,1H3. The number of alkyl halides is 3. The molecule has 0 heterocycles. The van der Waals surface area contributed by atoms with Crippen molar-refractivity contribution >= 4 is 0 Å². The summed E-state index contributed by atoms with van der Waals surface area (Å²) >= 11 is 0. The highest BCUT2D eigenvalue weighted by atomic mass is 19.4. The summed E-state index contributed by atoms with van der Waals surface area (Å²) in [6.07, 6.45) is -0.687. The molecule has 1 nitrogen and oxygen atoms in total. The van der Waals surface area contributed by atoms with Crippen LogP contribution in [0.4, 0.5) is 13.2 Å². The maximum absolute atomic E-state index is 12.4. The molecular formula is C14H13F3O. The third kappa shape index (κ3) is 3.15. The van der Waals surface area contributed by atoms with Crippen molar-refractivity contribution in [3.8, 4) is 5.75 Å². The Hall–Kier alpha value is -1.71. The van der Waals surface area contributed by atoms with Crippen LogP contribution in [0.15, 0.2) is 48.1 Å². The summed E-state index contributed by atoms with van der Waals surface area (Å²) in [7, 11) is 0. The highest BCUT2D eigenvalue weighted by Gasteiger charge is 2.33. The second kappa shape index (κ2) is 4.88. The molecule has 96 valence electrons. The van der Waals surface area contributed by atoms with E-state index in [0.29, 0.717) is 5.75 Å². The lowest BCUT2D eigenvalue weighted by Gasteiger charge is -2.19. The van der Waals surface area contributed by atoms with E-state index in [0.717, 1.165) is 11.6 Å². The molecule has 1 aliphatic rings. The van der Waals surface area contributed by atoms with E-state index in [1.165, 1.54) is 12.2 Å². The minimum absolute atomic E-state index is 0.235. The van der Waals surface area contributed by atoms with Gasteiger partial charge in [0.2, 0.25) is 0 Å². The summed E-state index contributed by atoms with van der Waals surface area (Å²) < 4.78 is 42.7. The number of halogens is 3. The molecule has 0 saturated carbocycles. The maximum Gasteiger partial charge on any atom is 0.416 e. The van der Waals surface area contributed by atoms with Crippen molar-refractivity contribution in [2.24, 2.45) is 0 Å². The van der Waals surface area contributed by atoms with Gasteiger partial charge >= 0.3 is 6.18 Å². The molecule has 2 rings (SSSR count). The maximum atomic E-state index is 12.4. The Morgan fingerprint density at radius 1 is 1.17 bits per heavy atom. The molecule has 18 heavy (non-hydrogen) atoms. The van der Waals surface area contributed by atoms with Gasteiger partial charge in [0.15, 0.2) is 0 Å². The third-order valence-electron chi connectivity index (χ3n) is 2.70. The van der Waals surface area contributed by atoms with Crippen molar-refractivity contribution < 1.29 is 17.9 Å². The third-order valence-corrected chi connectivity index (χ3v) is 2.70. The van der Waals surface area contributed by atoms with E-state index < -0.39 is 11.7 Å². The SMILES string of the molecule is Cc1ccc(OC2C=CC(C(F)(F)F)=CC2)cc1. The van der Waals surface area contributed by atoms with Crippen molar-refractivity contribution in [3.63, 3.8) is 0 Å². The number of rotatable bonds is 2. The van der Waals surface area contributed by atoms with Gasteiger partial charge in [-0.2, -0.15) is 13.2 Å². The summed E-state index contributed by atoms with van der Waals surface area (Å²) in [5.41, 5.74) is 0.507. The van der Waals surface area contributed by atoms with Gasteiger partial charge in [0.25, 0.3) is 0 Å². The predicted octanol–water partition coefficient (Wildman–Crippen LogP) is 4.19. The molecule has 1 aliphatic carbocycles. The summed E-state index contributed by atoms with van der Waals surface area (Å²) in [5, 5.41) is 0. The van der Waals surface area contributed by atoms with E-state index >= 15 is 0 Å². The Morgan fingerprint density at radius 2 is 1.83 bits per heavy atom. The van der Waals surface area contributed by atoms with Gasteiger partial charge in [0.1, 0.15) is 11.9 Å². The molecule has 0 radical (unpaired) electrons. The van der Waals surface area contributed by atoms with Gasteiger partial charge in [-0.25, -0.2) is 0 Å². The van der Waals surface area contributed by atoms with Crippen LogP contribution in [-0.2, 0) is 0 Å². The molecule has 4 heteroatoms. The lowest BCUT2D eigenvalue weighted by molar-refractivity contribution is -0.0888.